The van der Waals surface area contributed by atoms with Gasteiger partial charge in [-0.1, -0.05) is 41.7 Å². The molecule has 2 heterocycles. The van der Waals surface area contributed by atoms with Crippen molar-refractivity contribution in [2.45, 2.75) is 13.5 Å². The van der Waals surface area contributed by atoms with E-state index < -0.39 is 0 Å². The number of aromatic hydroxyl groups is 1. The first-order valence-electron chi connectivity index (χ1n) is 8.67. The van der Waals surface area contributed by atoms with E-state index in [0.29, 0.717) is 33.0 Å². The number of pyridine rings is 1. The van der Waals surface area contributed by atoms with Gasteiger partial charge in [-0.05, 0) is 42.1 Å². The zero-order chi connectivity index (χ0) is 19.7. The third-order valence-corrected chi connectivity index (χ3v) is 5.54. The van der Waals surface area contributed by atoms with E-state index in [1.807, 2.05) is 30.3 Å². The van der Waals surface area contributed by atoms with Gasteiger partial charge in [0, 0.05) is 18.1 Å². The van der Waals surface area contributed by atoms with Crippen LogP contribution in [0.1, 0.15) is 20.9 Å². The fraction of sp³-hybridized carbons (Fsp3) is 0.0952. The van der Waals surface area contributed by atoms with Gasteiger partial charge in [0.1, 0.15) is 10.6 Å². The van der Waals surface area contributed by atoms with Crippen molar-refractivity contribution in [3.8, 4) is 10.9 Å². The summed E-state index contributed by atoms with van der Waals surface area (Å²) < 4.78 is 1.42. The quantitative estimate of drug-likeness (QED) is 0.558. The van der Waals surface area contributed by atoms with E-state index >= 15 is 0 Å². The lowest BCUT2D eigenvalue weighted by molar-refractivity contribution is 0.0954. The van der Waals surface area contributed by atoms with Crippen molar-refractivity contribution in [2.24, 2.45) is 0 Å². The zero-order valence-electron chi connectivity index (χ0n) is 15.0. The number of fused-ring (bicyclic) bond motifs is 1. The third kappa shape index (κ3) is 3.39. The largest absolute Gasteiger partial charge is 0.508 e. The molecule has 2 N–H and O–H groups in total. The lowest BCUT2D eigenvalue weighted by Gasteiger charge is -2.04. The number of aryl methyl sites for hydroxylation is 1. The van der Waals surface area contributed by atoms with Gasteiger partial charge in [-0.15, -0.1) is 0 Å². The Labute approximate surface area is 164 Å². The summed E-state index contributed by atoms with van der Waals surface area (Å²) in [6.45, 7) is 2.17. The van der Waals surface area contributed by atoms with Crippen molar-refractivity contribution in [1.82, 2.24) is 14.9 Å². The monoisotopic (exact) mass is 391 g/mol. The molecular formula is C21H17N3O3S. The van der Waals surface area contributed by atoms with Crippen molar-refractivity contribution >= 4 is 28.0 Å². The van der Waals surface area contributed by atoms with Crippen molar-refractivity contribution < 1.29 is 9.90 Å². The number of amides is 1. The van der Waals surface area contributed by atoms with Gasteiger partial charge in [-0.2, -0.15) is 0 Å². The van der Waals surface area contributed by atoms with Crippen LogP contribution in [-0.4, -0.2) is 20.6 Å². The number of nitrogens with zero attached hydrogens (tertiary/aromatic N) is 2. The molecule has 6 nitrogen and oxygen atoms in total. The molecule has 1 amide bonds. The lowest BCUT2D eigenvalue weighted by Crippen LogP contribution is -2.22. The Bertz CT molecular complexity index is 1230. The number of carbonyl (C=O) groups is 1. The van der Waals surface area contributed by atoms with Gasteiger partial charge in [-0.3, -0.25) is 14.2 Å². The molecule has 0 radical (unpaired) electrons. The van der Waals surface area contributed by atoms with Crippen molar-refractivity contribution in [1.29, 1.82) is 0 Å². The Balaban J connectivity index is 1.63. The van der Waals surface area contributed by atoms with E-state index in [9.17, 15) is 14.7 Å². The zero-order valence-corrected chi connectivity index (χ0v) is 15.9. The summed E-state index contributed by atoms with van der Waals surface area (Å²) in [7, 11) is 0. The number of phenolic OH excluding ortho intramolecular Hbond substituents is 1. The molecule has 0 bridgehead atoms. The van der Waals surface area contributed by atoms with Crippen molar-refractivity contribution in [2.75, 3.05) is 0 Å². The highest BCUT2D eigenvalue weighted by atomic mass is 32.1. The van der Waals surface area contributed by atoms with Crippen molar-refractivity contribution in [3.63, 3.8) is 0 Å². The predicted octanol–water partition coefficient (Wildman–Crippen LogP) is 3.39. The summed E-state index contributed by atoms with van der Waals surface area (Å²) in [6.07, 6.45) is 1.61. The maximum atomic E-state index is 12.8. The Morgan fingerprint density at radius 1 is 1.18 bits per heavy atom. The summed E-state index contributed by atoms with van der Waals surface area (Å²) >= 11 is 1.17. The minimum atomic E-state index is -0.248. The van der Waals surface area contributed by atoms with Gasteiger partial charge < -0.3 is 10.4 Å². The molecule has 0 spiro atoms. The topological polar surface area (TPSA) is 84.2 Å². The Morgan fingerprint density at radius 3 is 2.75 bits per heavy atom. The number of phenols is 1. The maximum absolute atomic E-state index is 12.8. The minimum absolute atomic E-state index is 0.104. The minimum Gasteiger partial charge on any atom is -0.508 e. The highest BCUT2D eigenvalue weighted by Crippen LogP contribution is 2.23. The van der Waals surface area contributed by atoms with E-state index in [-0.39, 0.29) is 17.2 Å². The van der Waals surface area contributed by atoms with Crippen LogP contribution in [0.15, 0.2) is 65.6 Å². The number of hydrogen-bond donors (Lipinski definition) is 2. The molecule has 4 aromatic rings. The number of nitrogens with one attached hydrogen (secondary N) is 1. The second kappa shape index (κ2) is 7.28. The molecule has 0 saturated carbocycles. The number of hydrogen-bond acceptors (Lipinski definition) is 5. The first-order chi connectivity index (χ1) is 13.5. The highest BCUT2D eigenvalue weighted by molar-refractivity contribution is 7.16. The average Bonchev–Trinajstić information content (AvgIpc) is 3.08. The molecule has 7 heteroatoms. The van der Waals surface area contributed by atoms with Crippen LogP contribution in [0.25, 0.3) is 15.9 Å². The van der Waals surface area contributed by atoms with Gasteiger partial charge in [0.25, 0.3) is 11.5 Å². The second-order valence-corrected chi connectivity index (χ2v) is 7.32. The van der Waals surface area contributed by atoms with Crippen molar-refractivity contribution in [3.05, 3.63) is 87.3 Å². The van der Waals surface area contributed by atoms with Crippen LogP contribution in [-0.2, 0) is 6.54 Å². The summed E-state index contributed by atoms with van der Waals surface area (Å²) in [6, 6.07) is 16.0. The number of thiazole rings is 1. The van der Waals surface area contributed by atoms with Gasteiger partial charge in [-0.25, -0.2) is 4.98 Å². The fourth-order valence-corrected chi connectivity index (χ4v) is 3.91. The van der Waals surface area contributed by atoms with Gasteiger partial charge >= 0.3 is 0 Å². The Kier molecular flexibility index (Phi) is 4.67. The molecule has 0 saturated heterocycles. The molecule has 2 aromatic carbocycles. The average molecular weight is 391 g/mol. The lowest BCUT2D eigenvalue weighted by atomic mass is 10.1. The molecule has 4 rings (SSSR count). The van der Waals surface area contributed by atoms with Crippen LogP contribution in [0.4, 0.5) is 0 Å². The Hall–Kier alpha value is -3.45. The van der Waals surface area contributed by atoms with Gasteiger partial charge in [0.15, 0.2) is 5.13 Å². The number of rotatable bonds is 4. The molecule has 140 valence electrons. The van der Waals surface area contributed by atoms with Crippen LogP contribution in [0, 0.1) is 6.92 Å². The van der Waals surface area contributed by atoms with E-state index in [4.69, 9.17) is 0 Å². The molecule has 28 heavy (non-hydrogen) atoms. The molecule has 0 fully saturated rings. The molecular weight excluding hydrogens is 374 g/mol. The van der Waals surface area contributed by atoms with Crippen LogP contribution in [0.2, 0.25) is 0 Å². The van der Waals surface area contributed by atoms with Crippen LogP contribution in [0.5, 0.6) is 5.75 Å². The van der Waals surface area contributed by atoms with Crippen LogP contribution >= 0.6 is 11.3 Å². The SMILES string of the molecule is Cc1nc(-n2ccc3cc(O)ccc3c2=O)sc1C(=O)NCc1ccccc1. The molecule has 0 aliphatic carbocycles. The first kappa shape index (κ1) is 17.9. The summed E-state index contributed by atoms with van der Waals surface area (Å²) in [4.78, 5) is 30.2. The summed E-state index contributed by atoms with van der Waals surface area (Å²) in [5, 5.41) is 14.0. The molecule has 0 aliphatic rings. The predicted molar refractivity (Wildman–Crippen MR) is 109 cm³/mol. The van der Waals surface area contributed by atoms with Gasteiger partial charge in [0.2, 0.25) is 0 Å². The van der Waals surface area contributed by atoms with Crippen LogP contribution < -0.4 is 10.9 Å². The molecule has 0 atom stereocenters. The van der Waals surface area contributed by atoms with Gasteiger partial charge in [0.05, 0.1) is 5.69 Å². The fourth-order valence-electron chi connectivity index (χ4n) is 2.94. The highest BCUT2D eigenvalue weighted by Gasteiger charge is 2.17. The summed E-state index contributed by atoms with van der Waals surface area (Å²) in [5.74, 6) is -0.115. The molecule has 0 unspecified atom stereocenters. The second-order valence-electron chi connectivity index (χ2n) is 6.34. The normalized spacial score (nSPS) is 10.9. The number of aromatic nitrogens is 2. The van der Waals surface area contributed by atoms with E-state index in [1.165, 1.54) is 28.0 Å². The van der Waals surface area contributed by atoms with E-state index in [2.05, 4.69) is 10.3 Å². The maximum Gasteiger partial charge on any atom is 0.264 e. The smallest absolute Gasteiger partial charge is 0.264 e. The van der Waals surface area contributed by atoms with E-state index in [0.717, 1.165) is 5.56 Å². The van der Waals surface area contributed by atoms with Crippen LogP contribution in [0.3, 0.4) is 0 Å². The molecule has 0 aliphatic heterocycles. The summed E-state index contributed by atoms with van der Waals surface area (Å²) in [5.41, 5.74) is 1.33. The molecule has 2 aromatic heterocycles. The number of carbonyl (C=O) groups excluding carboxylic acids is 1. The first-order valence-corrected chi connectivity index (χ1v) is 9.49. The third-order valence-electron chi connectivity index (χ3n) is 4.38. The van der Waals surface area contributed by atoms with E-state index in [1.54, 1.807) is 25.3 Å². The Morgan fingerprint density at radius 2 is 1.96 bits per heavy atom. The number of benzene rings is 2. The standard InChI is InChI=1S/C21H17N3O3S/c1-13-18(19(26)22-12-14-5-3-2-4-6-14)28-21(23-13)24-10-9-15-11-16(25)7-8-17(15)20(24)27/h2-11,25H,12H2,1H3,(H,22,26).